The Morgan fingerprint density at radius 1 is 0.892 bits per heavy atom. The van der Waals surface area contributed by atoms with Crippen molar-refractivity contribution in [3.63, 3.8) is 0 Å². The molecule has 10 heteroatoms. The van der Waals surface area contributed by atoms with Gasteiger partial charge in [-0.1, -0.05) is 30.3 Å². The molecule has 0 heterocycles. The Kier molecular flexibility index (Phi) is 6.94. The molecule has 0 radical (unpaired) electrons. The summed E-state index contributed by atoms with van der Waals surface area (Å²) in [6.07, 6.45) is 0.782. The van der Waals surface area contributed by atoms with E-state index >= 15 is 0 Å². The number of amidine groups is 1. The number of nitrogen functional groups attached to an aromatic ring is 1. The average Bonchev–Trinajstić information content (AvgIpc) is 2.86. The summed E-state index contributed by atoms with van der Waals surface area (Å²) in [5, 5.41) is 11.8. The molecule has 37 heavy (non-hydrogen) atoms. The fraction of sp³-hybridized carbons (Fsp3) is 0.0741. The molecule has 0 spiro atoms. The SMILES string of the molecule is COc1cccc2cc(C(=O)Nc3ccc(C(=N)N)cc3)c(-c3ccccc3C(=O)OS(C)(=O)=O)cc12. The zero-order valence-corrected chi connectivity index (χ0v) is 20.8. The van der Waals surface area contributed by atoms with Gasteiger partial charge in [0.2, 0.25) is 0 Å². The molecule has 0 atom stereocenters. The van der Waals surface area contributed by atoms with Crippen LogP contribution in [0.25, 0.3) is 21.9 Å². The van der Waals surface area contributed by atoms with E-state index in [2.05, 4.69) is 9.50 Å². The summed E-state index contributed by atoms with van der Waals surface area (Å²) in [6.45, 7) is 0. The Hall–Kier alpha value is -4.70. The van der Waals surface area contributed by atoms with Crippen molar-refractivity contribution in [3.8, 4) is 16.9 Å². The quantitative estimate of drug-likeness (QED) is 0.189. The van der Waals surface area contributed by atoms with Crippen LogP contribution in [0.3, 0.4) is 0 Å². The normalized spacial score (nSPS) is 11.1. The van der Waals surface area contributed by atoms with Crippen LogP contribution >= 0.6 is 0 Å². The van der Waals surface area contributed by atoms with Gasteiger partial charge in [0.1, 0.15) is 11.6 Å². The summed E-state index contributed by atoms with van der Waals surface area (Å²) in [5.41, 5.74) is 7.37. The van der Waals surface area contributed by atoms with E-state index in [4.69, 9.17) is 15.9 Å². The van der Waals surface area contributed by atoms with Gasteiger partial charge in [0.05, 0.1) is 18.9 Å². The van der Waals surface area contributed by atoms with Gasteiger partial charge in [0.15, 0.2) is 0 Å². The lowest BCUT2D eigenvalue weighted by molar-refractivity contribution is 0.0748. The van der Waals surface area contributed by atoms with Gasteiger partial charge < -0.3 is 20.0 Å². The number of fused-ring (bicyclic) bond motifs is 1. The van der Waals surface area contributed by atoms with Gasteiger partial charge in [-0.05, 0) is 65.0 Å². The number of hydrogen-bond acceptors (Lipinski definition) is 7. The van der Waals surface area contributed by atoms with Gasteiger partial charge in [0.25, 0.3) is 5.91 Å². The average molecular weight is 518 g/mol. The van der Waals surface area contributed by atoms with Crippen LogP contribution in [0.2, 0.25) is 0 Å². The van der Waals surface area contributed by atoms with Crippen LogP contribution in [0.15, 0.2) is 78.9 Å². The number of nitrogens with two attached hydrogens (primary N) is 1. The van der Waals surface area contributed by atoms with Crippen LogP contribution in [0, 0.1) is 5.41 Å². The van der Waals surface area contributed by atoms with E-state index in [1.54, 1.807) is 66.7 Å². The molecule has 0 aromatic heterocycles. The first-order valence-corrected chi connectivity index (χ1v) is 12.8. The number of nitrogens with one attached hydrogen (secondary N) is 2. The van der Waals surface area contributed by atoms with E-state index in [9.17, 15) is 18.0 Å². The minimum atomic E-state index is -4.07. The second-order valence-electron chi connectivity index (χ2n) is 8.14. The second-order valence-corrected chi connectivity index (χ2v) is 9.72. The van der Waals surface area contributed by atoms with Gasteiger partial charge in [0, 0.05) is 22.2 Å². The highest BCUT2D eigenvalue weighted by Crippen LogP contribution is 2.35. The van der Waals surface area contributed by atoms with Crippen LogP contribution in [0.1, 0.15) is 26.3 Å². The summed E-state index contributed by atoms with van der Waals surface area (Å²) in [6, 6.07) is 21.5. The van der Waals surface area contributed by atoms with Crippen LogP contribution in [-0.4, -0.2) is 39.5 Å². The number of methoxy groups -OCH3 is 1. The molecule has 9 nitrogen and oxygen atoms in total. The van der Waals surface area contributed by atoms with Gasteiger partial charge in [-0.15, -0.1) is 0 Å². The van der Waals surface area contributed by atoms with Crippen molar-refractivity contribution in [1.82, 2.24) is 0 Å². The summed E-state index contributed by atoms with van der Waals surface area (Å²) < 4.78 is 33.4. The third-order valence-electron chi connectivity index (χ3n) is 5.56. The van der Waals surface area contributed by atoms with E-state index in [0.717, 1.165) is 11.6 Å². The summed E-state index contributed by atoms with van der Waals surface area (Å²) in [4.78, 5) is 26.3. The van der Waals surface area contributed by atoms with Crippen LogP contribution < -0.4 is 15.8 Å². The summed E-state index contributed by atoms with van der Waals surface area (Å²) >= 11 is 0. The van der Waals surface area contributed by atoms with E-state index in [0.29, 0.717) is 33.5 Å². The number of carbonyl (C=O) groups excluding carboxylic acids is 2. The number of carbonyl (C=O) groups is 2. The number of hydrogen-bond donors (Lipinski definition) is 3. The zero-order valence-electron chi connectivity index (χ0n) is 19.9. The maximum atomic E-state index is 13.5. The second kappa shape index (κ2) is 10.1. The molecule has 4 N–H and O–H groups in total. The standard InChI is InChI=1S/C27H23N3O6S/c1-35-24-9-5-6-17-14-23(26(31)30-18-12-10-16(11-13-18)25(28)29)22(15-21(17)24)19-7-3-4-8-20(19)27(32)36-37(2,33)34/h3-15H,1-2H3,(H3,28,29)(H,30,31). The Balaban J connectivity index is 1.88. The van der Waals surface area contributed by atoms with Crippen LogP contribution in [0.4, 0.5) is 5.69 Å². The molecular formula is C27H23N3O6S. The Labute approximate surface area is 213 Å². The van der Waals surface area contributed by atoms with Crippen molar-refractivity contribution in [1.29, 1.82) is 5.41 Å². The summed E-state index contributed by atoms with van der Waals surface area (Å²) in [5.74, 6) is -1.08. The molecule has 0 bridgehead atoms. The van der Waals surface area contributed by atoms with Gasteiger partial charge in [-0.25, -0.2) is 4.79 Å². The van der Waals surface area contributed by atoms with Crippen molar-refractivity contribution >= 4 is 44.3 Å². The topological polar surface area (TPSA) is 149 Å². The minimum absolute atomic E-state index is 0.0259. The highest BCUT2D eigenvalue weighted by Gasteiger charge is 2.23. The predicted molar refractivity (Wildman–Crippen MR) is 142 cm³/mol. The zero-order chi connectivity index (χ0) is 26.7. The number of benzene rings is 4. The van der Waals surface area contributed by atoms with Crippen molar-refractivity contribution in [2.24, 2.45) is 5.73 Å². The highest BCUT2D eigenvalue weighted by atomic mass is 32.2. The van der Waals surface area contributed by atoms with Gasteiger partial charge in [-0.2, -0.15) is 8.42 Å². The Morgan fingerprint density at radius 2 is 1.59 bits per heavy atom. The highest BCUT2D eigenvalue weighted by molar-refractivity contribution is 7.86. The Bertz CT molecular complexity index is 1650. The fourth-order valence-corrected chi connectivity index (χ4v) is 4.26. The molecular weight excluding hydrogens is 494 g/mol. The molecule has 0 fully saturated rings. The first kappa shape index (κ1) is 25.4. The fourth-order valence-electron chi connectivity index (χ4n) is 3.90. The maximum Gasteiger partial charge on any atom is 0.354 e. The van der Waals surface area contributed by atoms with Crippen LogP contribution in [0.5, 0.6) is 5.75 Å². The van der Waals surface area contributed by atoms with E-state index < -0.39 is 22.0 Å². The predicted octanol–water partition coefficient (Wildman–Crippen LogP) is 4.17. The van der Waals surface area contributed by atoms with Crippen molar-refractivity contribution < 1.29 is 26.9 Å². The molecule has 0 aliphatic rings. The molecule has 4 rings (SSSR count). The third kappa shape index (κ3) is 5.60. The molecule has 4 aromatic rings. The van der Waals surface area contributed by atoms with Gasteiger partial charge >= 0.3 is 16.1 Å². The number of anilines is 1. The molecule has 0 saturated heterocycles. The lowest BCUT2D eigenvalue weighted by Crippen LogP contribution is -2.16. The third-order valence-corrected chi connectivity index (χ3v) is 6.02. The lowest BCUT2D eigenvalue weighted by Gasteiger charge is -2.16. The molecule has 0 unspecified atom stereocenters. The monoisotopic (exact) mass is 517 g/mol. The lowest BCUT2D eigenvalue weighted by atomic mass is 9.91. The van der Waals surface area contributed by atoms with Crippen molar-refractivity contribution in [3.05, 3.63) is 95.6 Å². The van der Waals surface area contributed by atoms with Crippen molar-refractivity contribution in [2.45, 2.75) is 0 Å². The number of amides is 1. The number of rotatable bonds is 7. The van der Waals surface area contributed by atoms with Crippen molar-refractivity contribution in [2.75, 3.05) is 18.7 Å². The molecule has 4 aromatic carbocycles. The molecule has 0 aliphatic carbocycles. The maximum absolute atomic E-state index is 13.5. The van der Waals surface area contributed by atoms with E-state index in [1.165, 1.54) is 13.2 Å². The molecule has 0 aliphatic heterocycles. The summed E-state index contributed by atoms with van der Waals surface area (Å²) in [7, 11) is -2.54. The molecule has 188 valence electrons. The Morgan fingerprint density at radius 3 is 2.24 bits per heavy atom. The van der Waals surface area contributed by atoms with E-state index in [-0.39, 0.29) is 17.0 Å². The smallest absolute Gasteiger partial charge is 0.354 e. The van der Waals surface area contributed by atoms with Gasteiger partial charge in [-0.3, -0.25) is 10.2 Å². The minimum Gasteiger partial charge on any atom is -0.496 e. The van der Waals surface area contributed by atoms with Crippen LogP contribution in [-0.2, 0) is 14.3 Å². The molecule has 0 saturated carbocycles. The first-order chi connectivity index (χ1) is 17.6. The van der Waals surface area contributed by atoms with E-state index in [1.807, 2.05) is 6.07 Å². The molecule has 1 amide bonds. The first-order valence-electron chi connectivity index (χ1n) is 11.0. The largest absolute Gasteiger partial charge is 0.496 e. The number of ether oxygens (including phenoxy) is 1.